The molecule has 0 radical (unpaired) electrons. The Morgan fingerprint density at radius 1 is 0.846 bits per heavy atom. The van der Waals surface area contributed by atoms with Gasteiger partial charge in [0.2, 0.25) is 0 Å². The smallest absolute Gasteiger partial charge is 0.0951 e. The Morgan fingerprint density at radius 3 is 1.92 bits per heavy atom. The Bertz CT molecular complexity index is 623. The third kappa shape index (κ3) is 10.7. The summed E-state index contributed by atoms with van der Waals surface area (Å²) in [5, 5.41) is 18.9. The molecule has 0 aliphatic rings. The lowest BCUT2D eigenvalue weighted by Crippen LogP contribution is -1.94. The van der Waals surface area contributed by atoms with E-state index in [1.165, 1.54) is 0 Å². The third-order valence-corrected chi connectivity index (χ3v) is 4.09. The molecule has 2 N–H and O–H groups in total. The van der Waals surface area contributed by atoms with Crippen molar-refractivity contribution in [1.29, 1.82) is 0 Å². The Morgan fingerprint density at radius 2 is 1.42 bits per heavy atom. The van der Waals surface area contributed by atoms with Gasteiger partial charge in [-0.25, -0.2) is 0 Å². The zero-order valence-corrected chi connectivity index (χ0v) is 17.3. The maximum Gasteiger partial charge on any atom is 0.0951 e. The van der Waals surface area contributed by atoms with E-state index >= 15 is 0 Å². The number of hydrogen-bond acceptors (Lipinski definition) is 2. The minimum absolute atomic E-state index is 0.176. The molecule has 0 heterocycles. The first-order valence-electron chi connectivity index (χ1n) is 9.42. The van der Waals surface area contributed by atoms with Gasteiger partial charge in [-0.1, -0.05) is 86.6 Å². The van der Waals surface area contributed by atoms with Gasteiger partial charge in [-0.15, -0.1) is 0 Å². The Kier molecular flexibility index (Phi) is 13.0. The highest BCUT2D eigenvalue weighted by atomic mass is 16.3. The minimum atomic E-state index is 0.176. The van der Waals surface area contributed by atoms with E-state index in [9.17, 15) is 5.11 Å². The summed E-state index contributed by atoms with van der Waals surface area (Å²) >= 11 is 0. The monoisotopic (exact) mass is 356 g/mol. The van der Waals surface area contributed by atoms with Gasteiger partial charge in [-0.3, -0.25) is 0 Å². The number of aliphatic hydroxyl groups is 2. The van der Waals surface area contributed by atoms with E-state index < -0.39 is 0 Å². The Hall–Kier alpha value is -2.06. The van der Waals surface area contributed by atoms with Crippen molar-refractivity contribution in [3.05, 3.63) is 82.7 Å². The molecular formula is C24H36O2. The molecular weight excluding hydrogens is 320 g/mol. The SMILES string of the molecule is CCC(=CC=C(C)C=CC=CC(C)=CC=CC(C)CO)C(C)=C(O)CC. The predicted octanol–water partition coefficient (Wildman–Crippen LogP) is 6.75. The van der Waals surface area contributed by atoms with Crippen LogP contribution in [0.3, 0.4) is 0 Å². The molecule has 2 heteroatoms. The van der Waals surface area contributed by atoms with Crippen LogP contribution in [-0.2, 0) is 0 Å². The van der Waals surface area contributed by atoms with Crippen LogP contribution in [-0.4, -0.2) is 16.8 Å². The van der Waals surface area contributed by atoms with E-state index in [1.807, 2.05) is 58.1 Å². The van der Waals surface area contributed by atoms with Crippen LogP contribution in [0.25, 0.3) is 0 Å². The third-order valence-electron chi connectivity index (χ3n) is 4.09. The Labute approximate surface area is 160 Å². The standard InChI is InChI=1S/C24H36O2/c1-7-23(22(6)24(26)8-2)17-16-20(4)13-10-9-12-19(3)14-11-15-21(5)18-25/h9-17,21,25-26H,7-8,18H2,1-6H3. The van der Waals surface area contributed by atoms with Gasteiger partial charge < -0.3 is 10.2 Å². The summed E-state index contributed by atoms with van der Waals surface area (Å²) in [4.78, 5) is 0. The lowest BCUT2D eigenvalue weighted by atomic mass is 10.0. The fraction of sp³-hybridized carbons (Fsp3) is 0.417. The topological polar surface area (TPSA) is 40.5 Å². The molecule has 2 nitrogen and oxygen atoms in total. The van der Waals surface area contributed by atoms with Gasteiger partial charge in [0.25, 0.3) is 0 Å². The molecule has 0 amide bonds. The molecule has 0 saturated heterocycles. The fourth-order valence-electron chi connectivity index (χ4n) is 2.17. The molecule has 0 aromatic heterocycles. The number of hydrogen-bond donors (Lipinski definition) is 2. The van der Waals surface area contributed by atoms with Crippen LogP contribution in [0.1, 0.15) is 54.4 Å². The highest BCUT2D eigenvalue weighted by molar-refractivity contribution is 5.36. The van der Waals surface area contributed by atoms with Crippen molar-refractivity contribution in [2.24, 2.45) is 5.92 Å². The number of aliphatic hydroxyl groups excluding tert-OH is 2. The van der Waals surface area contributed by atoms with E-state index in [0.29, 0.717) is 12.2 Å². The van der Waals surface area contributed by atoms with Gasteiger partial charge in [-0.05, 0) is 44.3 Å². The van der Waals surface area contributed by atoms with Crippen molar-refractivity contribution in [3.8, 4) is 0 Å². The molecule has 0 bridgehead atoms. The average molecular weight is 357 g/mol. The molecule has 0 aliphatic heterocycles. The molecule has 144 valence electrons. The summed E-state index contributed by atoms with van der Waals surface area (Å²) < 4.78 is 0. The highest BCUT2D eigenvalue weighted by Crippen LogP contribution is 2.18. The van der Waals surface area contributed by atoms with Crippen LogP contribution in [0.15, 0.2) is 82.7 Å². The number of rotatable bonds is 10. The highest BCUT2D eigenvalue weighted by Gasteiger charge is 2.02. The van der Waals surface area contributed by atoms with E-state index in [-0.39, 0.29) is 12.5 Å². The summed E-state index contributed by atoms with van der Waals surface area (Å²) in [5.41, 5.74) is 4.45. The largest absolute Gasteiger partial charge is 0.512 e. The molecule has 0 rings (SSSR count). The second-order valence-corrected chi connectivity index (χ2v) is 6.56. The first-order valence-corrected chi connectivity index (χ1v) is 9.42. The van der Waals surface area contributed by atoms with Gasteiger partial charge in [0.15, 0.2) is 0 Å². The van der Waals surface area contributed by atoms with Crippen molar-refractivity contribution in [3.63, 3.8) is 0 Å². The van der Waals surface area contributed by atoms with Crippen LogP contribution >= 0.6 is 0 Å². The molecule has 0 aliphatic carbocycles. The van der Waals surface area contributed by atoms with Crippen molar-refractivity contribution in [2.45, 2.75) is 54.4 Å². The van der Waals surface area contributed by atoms with Crippen LogP contribution in [0.2, 0.25) is 0 Å². The Balaban J connectivity index is 4.87. The molecule has 0 aromatic rings. The molecule has 0 aromatic carbocycles. The maximum atomic E-state index is 9.90. The molecule has 26 heavy (non-hydrogen) atoms. The summed E-state index contributed by atoms with van der Waals surface area (Å²) in [6, 6.07) is 0. The average Bonchev–Trinajstić information content (AvgIpc) is 2.64. The first-order chi connectivity index (χ1) is 12.3. The van der Waals surface area contributed by atoms with E-state index in [4.69, 9.17) is 5.11 Å². The van der Waals surface area contributed by atoms with E-state index in [0.717, 1.165) is 28.7 Å². The first kappa shape index (κ1) is 23.9. The van der Waals surface area contributed by atoms with Gasteiger partial charge in [0.05, 0.1) is 5.76 Å². The predicted molar refractivity (Wildman–Crippen MR) is 115 cm³/mol. The lowest BCUT2D eigenvalue weighted by Gasteiger charge is -2.07. The van der Waals surface area contributed by atoms with E-state index in [1.54, 1.807) is 0 Å². The summed E-state index contributed by atoms with van der Waals surface area (Å²) in [6.07, 6.45) is 19.9. The van der Waals surface area contributed by atoms with Crippen molar-refractivity contribution in [1.82, 2.24) is 0 Å². The van der Waals surface area contributed by atoms with Gasteiger partial charge in [0.1, 0.15) is 0 Å². The molecule has 0 saturated carbocycles. The second-order valence-electron chi connectivity index (χ2n) is 6.56. The normalized spacial score (nSPS) is 16.8. The summed E-state index contributed by atoms with van der Waals surface area (Å²) in [5.74, 6) is 0.654. The summed E-state index contributed by atoms with van der Waals surface area (Å²) in [6.45, 7) is 12.3. The lowest BCUT2D eigenvalue weighted by molar-refractivity contribution is 0.262. The van der Waals surface area contributed by atoms with Gasteiger partial charge in [0, 0.05) is 13.0 Å². The summed E-state index contributed by atoms with van der Waals surface area (Å²) in [7, 11) is 0. The fourth-order valence-corrected chi connectivity index (χ4v) is 2.17. The second kappa shape index (κ2) is 14.1. The van der Waals surface area contributed by atoms with Crippen LogP contribution < -0.4 is 0 Å². The van der Waals surface area contributed by atoms with Gasteiger partial charge in [-0.2, -0.15) is 0 Å². The van der Waals surface area contributed by atoms with Crippen molar-refractivity contribution in [2.75, 3.05) is 6.61 Å². The van der Waals surface area contributed by atoms with E-state index in [2.05, 4.69) is 38.2 Å². The molecule has 0 spiro atoms. The van der Waals surface area contributed by atoms with Crippen LogP contribution in [0.4, 0.5) is 0 Å². The zero-order valence-electron chi connectivity index (χ0n) is 17.3. The van der Waals surface area contributed by atoms with Crippen molar-refractivity contribution >= 4 is 0 Å². The quantitative estimate of drug-likeness (QED) is 0.335. The molecule has 1 unspecified atom stereocenters. The van der Waals surface area contributed by atoms with Crippen LogP contribution in [0.5, 0.6) is 0 Å². The van der Waals surface area contributed by atoms with Crippen molar-refractivity contribution < 1.29 is 10.2 Å². The maximum absolute atomic E-state index is 9.90. The van der Waals surface area contributed by atoms with Crippen LogP contribution in [0, 0.1) is 5.92 Å². The van der Waals surface area contributed by atoms with Gasteiger partial charge >= 0.3 is 0 Å². The minimum Gasteiger partial charge on any atom is -0.512 e. The molecule has 0 fully saturated rings. The molecule has 1 atom stereocenters. The zero-order chi connectivity index (χ0) is 19.9. The number of allylic oxidation sites excluding steroid dienone is 13.